The van der Waals surface area contributed by atoms with E-state index in [0.29, 0.717) is 5.76 Å². The predicted octanol–water partition coefficient (Wildman–Crippen LogP) is 1.91. The number of nitrogens with one attached hydrogen (secondary N) is 1. The summed E-state index contributed by atoms with van der Waals surface area (Å²) < 4.78 is 10.1. The summed E-state index contributed by atoms with van der Waals surface area (Å²) in [5.41, 5.74) is 0.903. The second kappa shape index (κ2) is 5.35. The molecule has 1 amide bonds. The Balaban J connectivity index is 1.65. The molecule has 0 spiro atoms. The van der Waals surface area contributed by atoms with Crippen molar-refractivity contribution in [1.29, 1.82) is 0 Å². The van der Waals surface area contributed by atoms with Crippen molar-refractivity contribution in [2.24, 2.45) is 0 Å². The minimum absolute atomic E-state index is 0.0253. The van der Waals surface area contributed by atoms with Crippen molar-refractivity contribution in [3.8, 4) is 11.7 Å². The average Bonchev–Trinajstić information content (AvgIpc) is 3.10. The van der Waals surface area contributed by atoms with Crippen LogP contribution in [0.25, 0.3) is 11.7 Å². The van der Waals surface area contributed by atoms with Gasteiger partial charge in [-0.1, -0.05) is 40.6 Å². The molecule has 0 fully saturated rings. The molecule has 1 aromatic carbocycles. The molecule has 7 nitrogen and oxygen atoms in total. The van der Waals surface area contributed by atoms with E-state index in [1.165, 1.54) is 6.20 Å². The van der Waals surface area contributed by atoms with E-state index in [-0.39, 0.29) is 24.2 Å². The number of benzene rings is 1. The molecule has 0 radical (unpaired) electrons. The summed E-state index contributed by atoms with van der Waals surface area (Å²) in [6.07, 6.45) is 1.70. The molecule has 0 saturated heterocycles. The Hall–Kier alpha value is -2.96. The van der Waals surface area contributed by atoms with E-state index in [2.05, 4.69) is 20.7 Å². The summed E-state index contributed by atoms with van der Waals surface area (Å²) in [6, 6.07) is 11.0. The van der Waals surface area contributed by atoms with Gasteiger partial charge >= 0.3 is 6.01 Å². The highest BCUT2D eigenvalue weighted by atomic mass is 16.5. The third kappa shape index (κ3) is 2.72. The molecule has 20 heavy (non-hydrogen) atoms. The molecule has 0 aliphatic rings. The quantitative estimate of drug-likeness (QED) is 0.778. The Bertz CT molecular complexity index is 692. The topological polar surface area (TPSA) is 94.1 Å². The number of anilines is 1. The smallest absolute Gasteiger partial charge is 0.322 e. The summed E-state index contributed by atoms with van der Waals surface area (Å²) in [4.78, 5) is 11.8. The normalized spacial score (nSPS) is 10.4. The summed E-state index contributed by atoms with van der Waals surface area (Å²) in [5.74, 6) is 0.280. The van der Waals surface area contributed by atoms with Crippen LogP contribution < -0.4 is 5.32 Å². The highest BCUT2D eigenvalue weighted by Gasteiger charge is 2.13. The molecule has 2 heterocycles. The average molecular weight is 270 g/mol. The molecule has 0 saturated carbocycles. The van der Waals surface area contributed by atoms with Crippen molar-refractivity contribution in [2.45, 2.75) is 6.42 Å². The van der Waals surface area contributed by atoms with Crippen LogP contribution in [0.5, 0.6) is 0 Å². The Morgan fingerprint density at radius 2 is 2.00 bits per heavy atom. The summed E-state index contributed by atoms with van der Waals surface area (Å²) in [5, 5.41) is 13.5. The Kier molecular flexibility index (Phi) is 3.24. The largest absolute Gasteiger partial charge is 0.400 e. The van der Waals surface area contributed by atoms with Gasteiger partial charge in [0, 0.05) is 6.07 Å². The standard InChI is InChI=1S/C13H10N4O3/c18-11(8-9-4-2-1-3-5-9)15-13-17-16-12(19-13)10-6-7-14-20-10/h1-7H,8H2,(H,15,17,18). The van der Waals surface area contributed by atoms with Gasteiger partial charge in [-0.25, -0.2) is 0 Å². The van der Waals surface area contributed by atoms with Crippen LogP contribution in [-0.4, -0.2) is 21.3 Å². The number of aromatic nitrogens is 3. The molecule has 0 atom stereocenters. The fourth-order valence-electron chi connectivity index (χ4n) is 1.64. The van der Waals surface area contributed by atoms with Crippen LogP contribution in [0, 0.1) is 0 Å². The van der Waals surface area contributed by atoms with Crippen LogP contribution in [0.15, 0.2) is 51.5 Å². The first kappa shape index (κ1) is 12.1. The van der Waals surface area contributed by atoms with Gasteiger partial charge in [0.05, 0.1) is 12.6 Å². The van der Waals surface area contributed by atoms with Gasteiger partial charge < -0.3 is 8.94 Å². The maximum atomic E-state index is 11.8. The second-order valence-electron chi connectivity index (χ2n) is 4.00. The van der Waals surface area contributed by atoms with Crippen molar-refractivity contribution in [3.63, 3.8) is 0 Å². The van der Waals surface area contributed by atoms with Crippen LogP contribution in [-0.2, 0) is 11.2 Å². The first-order chi connectivity index (χ1) is 9.81. The number of amides is 1. The van der Waals surface area contributed by atoms with Gasteiger partial charge in [0.1, 0.15) is 0 Å². The van der Waals surface area contributed by atoms with E-state index in [9.17, 15) is 4.79 Å². The van der Waals surface area contributed by atoms with Crippen molar-refractivity contribution >= 4 is 11.9 Å². The van der Waals surface area contributed by atoms with Gasteiger partial charge in [-0.2, -0.15) is 0 Å². The predicted molar refractivity (Wildman–Crippen MR) is 68.6 cm³/mol. The van der Waals surface area contributed by atoms with Crippen molar-refractivity contribution in [2.75, 3.05) is 5.32 Å². The summed E-state index contributed by atoms with van der Waals surface area (Å²) >= 11 is 0. The zero-order valence-electron chi connectivity index (χ0n) is 10.3. The molecule has 100 valence electrons. The fourth-order valence-corrected chi connectivity index (χ4v) is 1.64. The van der Waals surface area contributed by atoms with Gasteiger partial charge in [0.2, 0.25) is 11.7 Å². The van der Waals surface area contributed by atoms with Gasteiger partial charge in [0.15, 0.2) is 0 Å². The Labute approximate surface area is 113 Å². The van der Waals surface area contributed by atoms with Crippen molar-refractivity contribution in [1.82, 2.24) is 15.4 Å². The fraction of sp³-hybridized carbons (Fsp3) is 0.0769. The maximum absolute atomic E-state index is 11.8. The van der Waals surface area contributed by atoms with Crippen LogP contribution in [0.4, 0.5) is 6.01 Å². The number of carbonyl (C=O) groups is 1. The summed E-state index contributed by atoms with van der Waals surface area (Å²) in [7, 11) is 0. The molecule has 7 heteroatoms. The maximum Gasteiger partial charge on any atom is 0.322 e. The highest BCUT2D eigenvalue weighted by Crippen LogP contribution is 2.18. The van der Waals surface area contributed by atoms with Gasteiger partial charge in [0.25, 0.3) is 5.89 Å². The minimum atomic E-state index is -0.232. The van der Waals surface area contributed by atoms with E-state index in [1.807, 2.05) is 30.3 Å². The number of nitrogens with zero attached hydrogens (tertiary/aromatic N) is 3. The number of hydrogen-bond donors (Lipinski definition) is 1. The van der Waals surface area contributed by atoms with Gasteiger partial charge in [-0.05, 0) is 5.56 Å². The molecular weight excluding hydrogens is 260 g/mol. The highest BCUT2D eigenvalue weighted by molar-refractivity contribution is 5.90. The molecule has 3 rings (SSSR count). The van der Waals surface area contributed by atoms with E-state index in [0.717, 1.165) is 5.56 Å². The molecule has 3 aromatic rings. The van der Waals surface area contributed by atoms with Gasteiger partial charge in [-0.15, -0.1) is 5.10 Å². The first-order valence-corrected chi connectivity index (χ1v) is 5.89. The molecule has 0 bridgehead atoms. The van der Waals surface area contributed by atoms with Crippen LogP contribution in [0.2, 0.25) is 0 Å². The molecule has 1 N–H and O–H groups in total. The van der Waals surface area contributed by atoms with E-state index < -0.39 is 0 Å². The molecule has 0 aliphatic carbocycles. The summed E-state index contributed by atoms with van der Waals surface area (Å²) in [6.45, 7) is 0. The number of carbonyl (C=O) groups excluding carboxylic acids is 1. The second-order valence-corrected chi connectivity index (χ2v) is 4.00. The third-order valence-electron chi connectivity index (χ3n) is 2.53. The molecule has 0 unspecified atom stereocenters. The van der Waals surface area contributed by atoms with Crippen molar-refractivity contribution in [3.05, 3.63) is 48.2 Å². The monoisotopic (exact) mass is 270 g/mol. The number of rotatable bonds is 4. The van der Waals surface area contributed by atoms with Crippen molar-refractivity contribution < 1.29 is 13.7 Å². The van der Waals surface area contributed by atoms with E-state index in [1.54, 1.807) is 6.07 Å². The van der Waals surface area contributed by atoms with E-state index >= 15 is 0 Å². The Morgan fingerprint density at radius 1 is 1.15 bits per heavy atom. The SMILES string of the molecule is O=C(Cc1ccccc1)Nc1nnc(-c2ccno2)o1. The third-order valence-corrected chi connectivity index (χ3v) is 2.53. The Morgan fingerprint density at radius 3 is 2.75 bits per heavy atom. The lowest BCUT2D eigenvalue weighted by molar-refractivity contribution is -0.115. The lowest BCUT2D eigenvalue weighted by atomic mass is 10.1. The zero-order chi connectivity index (χ0) is 13.8. The molecular formula is C13H10N4O3. The molecule has 2 aromatic heterocycles. The zero-order valence-corrected chi connectivity index (χ0v) is 10.3. The van der Waals surface area contributed by atoms with E-state index in [4.69, 9.17) is 8.94 Å². The lowest BCUT2D eigenvalue weighted by Crippen LogP contribution is -2.14. The number of hydrogen-bond acceptors (Lipinski definition) is 6. The minimum Gasteiger partial charge on any atom is -0.400 e. The van der Waals surface area contributed by atoms with Crippen LogP contribution in [0.3, 0.4) is 0 Å². The molecule has 0 aliphatic heterocycles. The first-order valence-electron chi connectivity index (χ1n) is 5.89. The van der Waals surface area contributed by atoms with Crippen LogP contribution >= 0.6 is 0 Å². The van der Waals surface area contributed by atoms with Crippen LogP contribution in [0.1, 0.15) is 5.56 Å². The lowest BCUT2D eigenvalue weighted by Gasteiger charge is -2.00. The van der Waals surface area contributed by atoms with Gasteiger partial charge in [-0.3, -0.25) is 10.1 Å².